The number of β-amino-alcohol motifs (C(OH)–C–C–N with tert-alkyl or cyclic N) is 1. The number of carbonyl (C=O) groups excluding carboxylic acids is 4. The zero-order valence-electron chi connectivity index (χ0n) is 39.4. The van der Waals surface area contributed by atoms with E-state index in [0.29, 0.717) is 35.4 Å². The molecule has 68 heavy (non-hydrogen) atoms. The van der Waals surface area contributed by atoms with Crippen LogP contribution in [0.25, 0.3) is 21.7 Å². The lowest BCUT2D eigenvalue weighted by Crippen LogP contribution is -2.57. The predicted octanol–water partition coefficient (Wildman–Crippen LogP) is 9.01. The van der Waals surface area contributed by atoms with Crippen molar-refractivity contribution in [3.63, 3.8) is 0 Å². The van der Waals surface area contributed by atoms with Gasteiger partial charge in [-0.15, -0.1) is 11.3 Å². The second kappa shape index (κ2) is 23.3. The maximum absolute atomic E-state index is 14.1. The van der Waals surface area contributed by atoms with Gasteiger partial charge in [0.2, 0.25) is 23.6 Å². The summed E-state index contributed by atoms with van der Waals surface area (Å²) < 4.78 is 8.49. The van der Waals surface area contributed by atoms with E-state index in [1.54, 1.807) is 29.5 Å². The van der Waals surface area contributed by atoms with Gasteiger partial charge >= 0.3 is 0 Å². The average molecular weight is 985 g/mol. The minimum atomic E-state index is -0.869. The van der Waals surface area contributed by atoms with Crippen LogP contribution in [0.2, 0.25) is 10.0 Å². The number of halogens is 2. The quantitative estimate of drug-likeness (QED) is 0.0529. The Bertz CT molecular complexity index is 2530. The number of fused-ring (bicyclic) bond motifs is 1. The number of aryl methyl sites for hydroxylation is 3. The number of ether oxygens (including phenoxy) is 1. The van der Waals surface area contributed by atoms with Crippen LogP contribution in [-0.2, 0) is 51.7 Å². The first-order valence-electron chi connectivity index (χ1n) is 23.7. The number of imidazole rings is 1. The Morgan fingerprint density at radius 3 is 2.34 bits per heavy atom. The van der Waals surface area contributed by atoms with Crippen LogP contribution in [0, 0.1) is 12.3 Å². The Balaban J connectivity index is 0.831. The van der Waals surface area contributed by atoms with Gasteiger partial charge in [0.25, 0.3) is 0 Å². The first-order chi connectivity index (χ1) is 32.6. The normalized spacial score (nSPS) is 16.1. The van der Waals surface area contributed by atoms with Crippen molar-refractivity contribution in [2.45, 2.75) is 136 Å². The van der Waals surface area contributed by atoms with Gasteiger partial charge in [-0.2, -0.15) is 0 Å². The molecule has 0 bridgehead atoms. The molecule has 4 amide bonds. The molecule has 7 rings (SSSR count). The van der Waals surface area contributed by atoms with E-state index in [0.717, 1.165) is 101 Å². The van der Waals surface area contributed by atoms with E-state index < -0.39 is 23.6 Å². The topological polar surface area (TPSA) is 168 Å². The Kier molecular flexibility index (Phi) is 17.4. The van der Waals surface area contributed by atoms with Gasteiger partial charge in [-0.25, -0.2) is 9.97 Å². The number of unbranched alkanes of at least 4 members (excludes halogenated alkanes) is 5. The van der Waals surface area contributed by atoms with Crippen LogP contribution in [0.3, 0.4) is 0 Å². The van der Waals surface area contributed by atoms with Crippen molar-refractivity contribution in [1.82, 2.24) is 35.4 Å². The fourth-order valence-electron chi connectivity index (χ4n) is 8.79. The van der Waals surface area contributed by atoms with Gasteiger partial charge in [0.1, 0.15) is 23.7 Å². The molecule has 0 radical (unpaired) electrons. The lowest BCUT2D eigenvalue weighted by Gasteiger charge is -2.35. The van der Waals surface area contributed by atoms with Crippen molar-refractivity contribution in [1.29, 1.82) is 0 Å². The number of aliphatic hydroxyl groups is 1. The molecule has 0 spiro atoms. The Labute approximate surface area is 413 Å². The summed E-state index contributed by atoms with van der Waals surface area (Å²) in [4.78, 5) is 65.5. The van der Waals surface area contributed by atoms with Gasteiger partial charge in [-0.1, -0.05) is 100.0 Å². The molecule has 3 aromatic carbocycles. The molecule has 13 nitrogen and oxygen atoms in total. The molecule has 0 aliphatic carbocycles. The Morgan fingerprint density at radius 2 is 1.62 bits per heavy atom. The minimum Gasteiger partial charge on any atom is -0.493 e. The molecule has 362 valence electrons. The fraction of sp³-hybridized carbons (Fsp3) is 0.462. The summed E-state index contributed by atoms with van der Waals surface area (Å²) in [5, 5.41) is 20.4. The van der Waals surface area contributed by atoms with Gasteiger partial charge in [0, 0.05) is 62.8 Å². The minimum absolute atomic E-state index is 0.0226. The number of hydrogen-bond acceptors (Lipinski definition) is 9. The average Bonchev–Trinajstić information content (AvgIpc) is 4.12. The first kappa shape index (κ1) is 50.6. The maximum atomic E-state index is 14.1. The van der Waals surface area contributed by atoms with Crippen molar-refractivity contribution >= 4 is 58.2 Å². The highest BCUT2D eigenvalue weighted by Crippen LogP contribution is 2.31. The molecular weight excluding hydrogens is 922 g/mol. The SMILES string of the molecule is Cc1ncsc1-c1ccc(CNC(=O)[C@@H]2C[C@@H](O)CN2C(=O)[C@@H](NC(=O)CCCCCCCCOc2ccc(-c3cn4c(n3)CCC4)cc2CNC(=O)Cc2ccc(Cl)c(Cl)c2)C(C)(C)C)cc1. The molecule has 1 fully saturated rings. The smallest absolute Gasteiger partial charge is 0.246 e. The molecule has 5 aromatic rings. The van der Waals surface area contributed by atoms with E-state index in [-0.39, 0.29) is 56.0 Å². The first-order valence-corrected chi connectivity index (χ1v) is 25.3. The van der Waals surface area contributed by atoms with Gasteiger partial charge < -0.3 is 35.3 Å². The van der Waals surface area contributed by atoms with Gasteiger partial charge in [-0.3, -0.25) is 19.2 Å². The summed E-state index contributed by atoms with van der Waals surface area (Å²) in [7, 11) is 0. The van der Waals surface area contributed by atoms with Crippen molar-refractivity contribution in [2.24, 2.45) is 5.41 Å². The zero-order valence-corrected chi connectivity index (χ0v) is 41.7. The lowest BCUT2D eigenvalue weighted by molar-refractivity contribution is -0.144. The molecule has 0 unspecified atom stereocenters. The second-order valence-corrected chi connectivity index (χ2v) is 20.7. The number of thiazole rings is 1. The van der Waals surface area contributed by atoms with Crippen LogP contribution in [0.15, 0.2) is 72.4 Å². The van der Waals surface area contributed by atoms with Crippen molar-refractivity contribution in [3.05, 3.63) is 111 Å². The van der Waals surface area contributed by atoms with E-state index in [9.17, 15) is 24.3 Å². The summed E-state index contributed by atoms with van der Waals surface area (Å²) in [6.07, 6.45) is 9.18. The number of carbonyl (C=O) groups is 4. The fourth-order valence-corrected chi connectivity index (χ4v) is 9.93. The molecule has 4 N–H and O–H groups in total. The lowest BCUT2D eigenvalue weighted by atomic mass is 9.85. The van der Waals surface area contributed by atoms with Crippen LogP contribution < -0.4 is 20.7 Å². The Morgan fingerprint density at radius 1 is 0.882 bits per heavy atom. The Hall–Kier alpha value is -5.28. The highest BCUT2D eigenvalue weighted by atomic mass is 35.5. The van der Waals surface area contributed by atoms with E-state index in [2.05, 4.69) is 31.7 Å². The monoisotopic (exact) mass is 983 g/mol. The molecule has 4 heterocycles. The predicted molar refractivity (Wildman–Crippen MR) is 267 cm³/mol. The van der Waals surface area contributed by atoms with E-state index in [1.165, 1.54) is 4.90 Å². The van der Waals surface area contributed by atoms with Crippen molar-refractivity contribution < 1.29 is 29.0 Å². The number of nitrogens with one attached hydrogen (secondary N) is 3. The number of aliphatic hydroxyl groups excluding tert-OH is 1. The number of aromatic nitrogens is 3. The zero-order chi connectivity index (χ0) is 48.4. The van der Waals surface area contributed by atoms with E-state index in [1.807, 2.05) is 75.7 Å². The summed E-state index contributed by atoms with van der Waals surface area (Å²) >= 11 is 13.8. The highest BCUT2D eigenvalue weighted by molar-refractivity contribution is 7.13. The van der Waals surface area contributed by atoms with Gasteiger partial charge in [0.05, 0.1) is 51.0 Å². The van der Waals surface area contributed by atoms with Crippen molar-refractivity contribution in [3.8, 4) is 27.4 Å². The molecular formula is C52H63Cl2N7O6S. The molecule has 2 aromatic heterocycles. The van der Waals surface area contributed by atoms with E-state index in [4.69, 9.17) is 32.9 Å². The standard InChI is InChI=1S/C52H63Cl2N7O6S/c1-33-48(68-32-57-33)36-17-14-34(15-18-36)28-56-50(65)43-27-39(62)30-61(43)51(66)49(52(2,3)4)59-46(63)13-9-7-5-6-8-10-23-67-44-21-19-37(42-31-60-22-11-12-45(60)58-42)26-38(44)29-55-47(64)25-35-16-20-40(53)41(54)24-35/h14-21,24,26,31-32,39,43,49,62H,5-13,22-23,25,27-30H2,1-4H3,(H,55,64)(H,56,65)(H,59,63)/t39-,43+,49-/m1/s1. The number of nitrogens with zero attached hydrogens (tertiary/aromatic N) is 4. The van der Waals surface area contributed by atoms with Crippen LogP contribution in [-0.4, -0.2) is 79.5 Å². The van der Waals surface area contributed by atoms with E-state index >= 15 is 0 Å². The maximum Gasteiger partial charge on any atom is 0.246 e. The summed E-state index contributed by atoms with van der Waals surface area (Å²) in [5.74, 6) is 0.741. The highest BCUT2D eigenvalue weighted by Gasteiger charge is 2.44. The number of rotatable bonds is 21. The number of amides is 4. The van der Waals surface area contributed by atoms with Crippen molar-refractivity contribution in [2.75, 3.05) is 13.2 Å². The third-order valence-corrected chi connectivity index (χ3v) is 14.3. The van der Waals surface area contributed by atoms with Gasteiger partial charge in [-0.05, 0) is 78.6 Å². The number of benzene rings is 3. The summed E-state index contributed by atoms with van der Waals surface area (Å²) in [6.45, 7) is 9.72. The molecule has 2 aliphatic rings. The largest absolute Gasteiger partial charge is 0.493 e. The summed E-state index contributed by atoms with van der Waals surface area (Å²) in [5.41, 5.74) is 7.65. The molecule has 0 saturated carbocycles. The second-order valence-electron chi connectivity index (χ2n) is 19.0. The van der Waals surface area contributed by atoms with Crippen LogP contribution in [0.1, 0.15) is 107 Å². The van der Waals surface area contributed by atoms with Crippen LogP contribution >= 0.6 is 34.5 Å². The molecule has 2 aliphatic heterocycles. The molecule has 16 heteroatoms. The number of likely N-dealkylation sites (tertiary alicyclic amines) is 1. The third kappa shape index (κ3) is 13.5. The van der Waals surface area contributed by atoms with Crippen LogP contribution in [0.4, 0.5) is 0 Å². The summed E-state index contributed by atoms with van der Waals surface area (Å²) in [6, 6.07) is 17.4. The molecule has 1 saturated heterocycles. The van der Waals surface area contributed by atoms with Crippen LogP contribution in [0.5, 0.6) is 5.75 Å². The van der Waals surface area contributed by atoms with Gasteiger partial charge in [0.15, 0.2) is 0 Å². The number of hydrogen-bond donors (Lipinski definition) is 4. The molecule has 3 atom stereocenters. The third-order valence-electron chi connectivity index (χ3n) is 12.6.